The first-order valence-electron chi connectivity index (χ1n) is 6.24. The smallest absolute Gasteiger partial charge is 0.325 e. The zero-order valence-corrected chi connectivity index (χ0v) is 11.1. The fourth-order valence-corrected chi connectivity index (χ4v) is 1.75. The summed E-state index contributed by atoms with van der Waals surface area (Å²) in [6.45, 7) is 1.83. The highest BCUT2D eigenvalue weighted by Gasteiger charge is 2.07. The molecule has 2 rings (SSSR count). The van der Waals surface area contributed by atoms with Crippen molar-refractivity contribution < 1.29 is 14.3 Å². The minimum atomic E-state index is -0.470. The Kier molecular flexibility index (Phi) is 4.49. The molecule has 0 aliphatic carbocycles. The van der Waals surface area contributed by atoms with Crippen molar-refractivity contribution in [2.75, 3.05) is 18.5 Å². The molecule has 0 aliphatic heterocycles. The van der Waals surface area contributed by atoms with Crippen molar-refractivity contribution in [3.63, 3.8) is 0 Å². The molecule has 0 radical (unpaired) electrons. The number of aromatic nitrogens is 1. The predicted octanol–water partition coefficient (Wildman–Crippen LogP) is 1.92. The number of pyridine rings is 1. The molecule has 1 heterocycles. The standard InChI is InChI=1S/C14H15N3O3/c1-2-20-13(18)9-16-14(19)17-12-5-3-4-10-6-7-15-8-11(10)12/h3-8H,2,9H2,1H3,(H2,16,17,19). The lowest BCUT2D eigenvalue weighted by Crippen LogP contribution is -2.34. The third kappa shape index (κ3) is 3.44. The maximum Gasteiger partial charge on any atom is 0.325 e. The minimum Gasteiger partial charge on any atom is -0.465 e. The van der Waals surface area contributed by atoms with E-state index in [9.17, 15) is 9.59 Å². The number of esters is 1. The molecule has 0 saturated heterocycles. The van der Waals surface area contributed by atoms with Crippen LogP contribution >= 0.6 is 0 Å². The molecule has 1 aromatic carbocycles. The number of hydrogen-bond donors (Lipinski definition) is 2. The zero-order chi connectivity index (χ0) is 14.4. The van der Waals surface area contributed by atoms with E-state index in [0.717, 1.165) is 10.8 Å². The molecule has 6 heteroatoms. The number of nitrogens with one attached hydrogen (secondary N) is 2. The Labute approximate surface area is 116 Å². The first kappa shape index (κ1) is 13.8. The second kappa shape index (κ2) is 6.51. The summed E-state index contributed by atoms with van der Waals surface area (Å²) in [6, 6.07) is 6.93. The van der Waals surface area contributed by atoms with E-state index < -0.39 is 12.0 Å². The van der Waals surface area contributed by atoms with Crippen LogP contribution in [-0.2, 0) is 9.53 Å². The summed E-state index contributed by atoms with van der Waals surface area (Å²) in [5, 5.41) is 6.93. The van der Waals surface area contributed by atoms with E-state index in [1.165, 1.54) is 0 Å². The lowest BCUT2D eigenvalue weighted by atomic mass is 10.1. The van der Waals surface area contributed by atoms with E-state index in [4.69, 9.17) is 4.74 Å². The van der Waals surface area contributed by atoms with Gasteiger partial charge < -0.3 is 15.4 Å². The van der Waals surface area contributed by atoms with Gasteiger partial charge in [0.15, 0.2) is 0 Å². The van der Waals surface area contributed by atoms with Gasteiger partial charge in [-0.25, -0.2) is 4.79 Å². The zero-order valence-electron chi connectivity index (χ0n) is 11.1. The number of urea groups is 1. The van der Waals surface area contributed by atoms with Gasteiger partial charge >= 0.3 is 12.0 Å². The quantitative estimate of drug-likeness (QED) is 0.834. The molecule has 2 N–H and O–H groups in total. The van der Waals surface area contributed by atoms with Crippen LogP contribution in [0.4, 0.5) is 10.5 Å². The normalized spacial score (nSPS) is 10.1. The Hall–Kier alpha value is -2.63. The van der Waals surface area contributed by atoms with E-state index in [0.29, 0.717) is 5.69 Å². The van der Waals surface area contributed by atoms with Crippen molar-refractivity contribution in [2.45, 2.75) is 6.92 Å². The van der Waals surface area contributed by atoms with Gasteiger partial charge in [0.2, 0.25) is 0 Å². The summed E-state index contributed by atoms with van der Waals surface area (Å²) in [6.07, 6.45) is 3.36. The first-order valence-corrected chi connectivity index (χ1v) is 6.24. The van der Waals surface area contributed by atoms with Gasteiger partial charge in [-0.05, 0) is 24.4 Å². The van der Waals surface area contributed by atoms with E-state index >= 15 is 0 Å². The molecule has 0 aliphatic rings. The van der Waals surface area contributed by atoms with Crippen molar-refractivity contribution in [1.82, 2.24) is 10.3 Å². The molecule has 0 spiro atoms. The van der Waals surface area contributed by atoms with Crippen molar-refractivity contribution in [3.05, 3.63) is 36.7 Å². The van der Waals surface area contributed by atoms with Crippen LogP contribution in [0.1, 0.15) is 6.92 Å². The Balaban J connectivity index is 2.01. The average Bonchev–Trinajstić information content (AvgIpc) is 2.46. The highest BCUT2D eigenvalue weighted by Crippen LogP contribution is 2.21. The van der Waals surface area contributed by atoms with Crippen LogP contribution in [0.15, 0.2) is 36.7 Å². The number of ether oxygens (including phenoxy) is 1. The fourth-order valence-electron chi connectivity index (χ4n) is 1.75. The van der Waals surface area contributed by atoms with Gasteiger partial charge in [-0.1, -0.05) is 12.1 Å². The van der Waals surface area contributed by atoms with Crippen LogP contribution < -0.4 is 10.6 Å². The van der Waals surface area contributed by atoms with Crippen molar-refractivity contribution in [1.29, 1.82) is 0 Å². The third-order valence-electron chi connectivity index (χ3n) is 2.63. The van der Waals surface area contributed by atoms with Crippen LogP contribution in [0, 0.1) is 0 Å². The number of benzene rings is 1. The summed E-state index contributed by atoms with van der Waals surface area (Å²) in [5.74, 6) is -0.470. The van der Waals surface area contributed by atoms with E-state index in [2.05, 4.69) is 15.6 Å². The average molecular weight is 273 g/mol. The molecular weight excluding hydrogens is 258 g/mol. The number of carbonyl (C=O) groups excluding carboxylic acids is 2. The molecule has 0 bridgehead atoms. The molecule has 6 nitrogen and oxygen atoms in total. The number of rotatable bonds is 4. The highest BCUT2D eigenvalue weighted by atomic mass is 16.5. The number of hydrogen-bond acceptors (Lipinski definition) is 4. The van der Waals surface area contributed by atoms with Crippen LogP contribution in [-0.4, -0.2) is 30.1 Å². The van der Waals surface area contributed by atoms with Gasteiger partial charge in [-0.2, -0.15) is 0 Å². The molecule has 20 heavy (non-hydrogen) atoms. The molecule has 2 aromatic rings. The van der Waals surface area contributed by atoms with Crippen LogP contribution in [0.3, 0.4) is 0 Å². The number of nitrogens with zero attached hydrogens (tertiary/aromatic N) is 1. The summed E-state index contributed by atoms with van der Waals surface area (Å²) in [7, 11) is 0. The molecule has 2 amide bonds. The van der Waals surface area contributed by atoms with Crippen molar-refractivity contribution in [3.8, 4) is 0 Å². The van der Waals surface area contributed by atoms with E-state index in [1.54, 1.807) is 25.4 Å². The Morgan fingerprint density at radius 2 is 2.15 bits per heavy atom. The van der Waals surface area contributed by atoms with Gasteiger partial charge in [-0.3, -0.25) is 9.78 Å². The SMILES string of the molecule is CCOC(=O)CNC(=O)Nc1cccc2ccncc12. The fraction of sp³-hybridized carbons (Fsp3) is 0.214. The predicted molar refractivity (Wildman–Crippen MR) is 75.4 cm³/mol. The summed E-state index contributed by atoms with van der Waals surface area (Å²) >= 11 is 0. The minimum absolute atomic E-state index is 0.164. The number of anilines is 1. The van der Waals surface area contributed by atoms with Gasteiger partial charge in [-0.15, -0.1) is 0 Å². The molecular formula is C14H15N3O3. The second-order valence-electron chi connectivity index (χ2n) is 4.02. The molecule has 0 saturated carbocycles. The lowest BCUT2D eigenvalue weighted by molar-refractivity contribution is -0.141. The third-order valence-corrected chi connectivity index (χ3v) is 2.63. The molecule has 104 valence electrons. The van der Waals surface area contributed by atoms with Crippen molar-refractivity contribution in [2.24, 2.45) is 0 Å². The lowest BCUT2D eigenvalue weighted by Gasteiger charge is -2.09. The molecule has 0 atom stereocenters. The van der Waals surface area contributed by atoms with Gasteiger partial charge in [0.25, 0.3) is 0 Å². The highest BCUT2D eigenvalue weighted by molar-refractivity contribution is 6.01. The molecule has 1 aromatic heterocycles. The van der Waals surface area contributed by atoms with Gasteiger partial charge in [0.05, 0.1) is 12.3 Å². The number of carbonyl (C=O) groups is 2. The second-order valence-corrected chi connectivity index (χ2v) is 4.02. The molecule has 0 fully saturated rings. The summed E-state index contributed by atoms with van der Waals surface area (Å²) in [5.41, 5.74) is 0.636. The largest absolute Gasteiger partial charge is 0.465 e. The monoisotopic (exact) mass is 273 g/mol. The Morgan fingerprint density at radius 1 is 1.30 bits per heavy atom. The van der Waals surface area contributed by atoms with Crippen molar-refractivity contribution >= 4 is 28.5 Å². The van der Waals surface area contributed by atoms with Crippen LogP contribution in [0.25, 0.3) is 10.8 Å². The maximum atomic E-state index is 11.7. The summed E-state index contributed by atoms with van der Waals surface area (Å²) in [4.78, 5) is 26.9. The number of fused-ring (bicyclic) bond motifs is 1. The van der Waals surface area contributed by atoms with Crippen LogP contribution in [0.2, 0.25) is 0 Å². The Morgan fingerprint density at radius 3 is 2.95 bits per heavy atom. The Bertz CT molecular complexity index is 623. The summed E-state index contributed by atoms with van der Waals surface area (Å²) < 4.78 is 4.72. The topological polar surface area (TPSA) is 80.3 Å². The van der Waals surface area contributed by atoms with Crippen LogP contribution in [0.5, 0.6) is 0 Å². The maximum absolute atomic E-state index is 11.7. The van der Waals surface area contributed by atoms with E-state index in [1.807, 2.05) is 18.2 Å². The number of amides is 2. The van der Waals surface area contributed by atoms with E-state index in [-0.39, 0.29) is 13.2 Å². The van der Waals surface area contributed by atoms with Gasteiger partial charge in [0, 0.05) is 17.8 Å². The molecule has 0 unspecified atom stereocenters. The first-order chi connectivity index (χ1) is 9.70. The van der Waals surface area contributed by atoms with Gasteiger partial charge in [0.1, 0.15) is 6.54 Å².